The molecule has 0 saturated carbocycles. The van der Waals surface area contributed by atoms with E-state index in [2.05, 4.69) is 40.8 Å². The Balaban J connectivity index is 1.66. The summed E-state index contributed by atoms with van der Waals surface area (Å²) in [5.41, 5.74) is 5.08. The first-order chi connectivity index (χ1) is 14.0. The Bertz CT molecular complexity index is 1150. The van der Waals surface area contributed by atoms with E-state index in [-0.39, 0.29) is 11.4 Å². The SMILES string of the molecule is C=CCn1c(C)c(/C=C2\SC(Nc3cc(Cl)ccc3C)NC2=O)c2ccccc21. The quantitative estimate of drug-likeness (QED) is 0.409. The lowest BCUT2D eigenvalue weighted by molar-refractivity contribution is -0.116. The summed E-state index contributed by atoms with van der Waals surface area (Å²) in [6.07, 6.45) is 3.88. The summed E-state index contributed by atoms with van der Waals surface area (Å²) in [6.45, 7) is 8.69. The zero-order valence-corrected chi connectivity index (χ0v) is 17.9. The largest absolute Gasteiger partial charge is 0.356 e. The van der Waals surface area contributed by atoms with Crippen LogP contribution in [0, 0.1) is 13.8 Å². The van der Waals surface area contributed by atoms with E-state index >= 15 is 0 Å². The van der Waals surface area contributed by atoms with Crippen LogP contribution >= 0.6 is 23.4 Å². The number of fused-ring (bicyclic) bond motifs is 1. The maximum absolute atomic E-state index is 12.6. The van der Waals surface area contributed by atoms with Crippen LogP contribution in [-0.2, 0) is 11.3 Å². The van der Waals surface area contributed by atoms with E-state index in [0.29, 0.717) is 9.93 Å². The van der Waals surface area contributed by atoms with Crippen LogP contribution in [0.5, 0.6) is 0 Å². The summed E-state index contributed by atoms with van der Waals surface area (Å²) in [5.74, 6) is -0.0767. The van der Waals surface area contributed by atoms with E-state index in [1.54, 1.807) is 0 Å². The molecule has 0 radical (unpaired) electrons. The third kappa shape index (κ3) is 3.80. The minimum absolute atomic E-state index is 0.0767. The predicted molar refractivity (Wildman–Crippen MR) is 124 cm³/mol. The van der Waals surface area contributed by atoms with E-state index in [0.717, 1.165) is 40.0 Å². The number of nitrogens with one attached hydrogen (secondary N) is 2. The van der Waals surface area contributed by atoms with E-state index < -0.39 is 0 Å². The van der Waals surface area contributed by atoms with Gasteiger partial charge in [0.1, 0.15) is 0 Å². The van der Waals surface area contributed by atoms with Crippen molar-refractivity contribution < 1.29 is 4.79 Å². The minimum Gasteiger partial charge on any atom is -0.356 e. The van der Waals surface area contributed by atoms with Crippen molar-refractivity contribution in [3.8, 4) is 0 Å². The van der Waals surface area contributed by atoms with Crippen molar-refractivity contribution in [2.24, 2.45) is 0 Å². The molecule has 6 heteroatoms. The average Bonchev–Trinajstić information content (AvgIpc) is 3.17. The second-order valence-electron chi connectivity index (χ2n) is 7.00. The van der Waals surface area contributed by atoms with Crippen LogP contribution in [0.1, 0.15) is 16.8 Å². The van der Waals surface area contributed by atoms with Crippen molar-refractivity contribution >= 4 is 51.9 Å². The molecule has 0 aliphatic carbocycles. The molecule has 1 aliphatic rings. The van der Waals surface area contributed by atoms with Gasteiger partial charge < -0.3 is 15.2 Å². The van der Waals surface area contributed by atoms with Crippen molar-refractivity contribution in [2.75, 3.05) is 5.32 Å². The van der Waals surface area contributed by atoms with Gasteiger partial charge in [-0.25, -0.2) is 0 Å². The number of para-hydroxylation sites is 1. The number of amides is 1. The molecular formula is C23H22ClN3OS. The second-order valence-corrected chi connectivity index (χ2v) is 8.58. The molecule has 29 heavy (non-hydrogen) atoms. The molecule has 148 valence electrons. The van der Waals surface area contributed by atoms with Crippen LogP contribution in [0.3, 0.4) is 0 Å². The zero-order chi connectivity index (χ0) is 20.5. The molecule has 1 atom stereocenters. The molecule has 2 heterocycles. The van der Waals surface area contributed by atoms with Crippen LogP contribution in [0.4, 0.5) is 5.69 Å². The van der Waals surface area contributed by atoms with Crippen molar-refractivity contribution in [3.05, 3.63) is 81.9 Å². The number of aryl methyl sites for hydroxylation is 1. The summed E-state index contributed by atoms with van der Waals surface area (Å²) in [4.78, 5) is 13.3. The molecular weight excluding hydrogens is 402 g/mol. The van der Waals surface area contributed by atoms with Crippen LogP contribution in [-0.4, -0.2) is 16.0 Å². The third-order valence-electron chi connectivity index (χ3n) is 5.08. The summed E-state index contributed by atoms with van der Waals surface area (Å²) >= 11 is 7.59. The summed E-state index contributed by atoms with van der Waals surface area (Å²) in [7, 11) is 0. The molecule has 4 nitrogen and oxygen atoms in total. The van der Waals surface area contributed by atoms with Crippen LogP contribution in [0.15, 0.2) is 60.0 Å². The number of benzene rings is 2. The number of hydrogen-bond donors (Lipinski definition) is 2. The van der Waals surface area contributed by atoms with Gasteiger partial charge in [-0.1, -0.05) is 53.7 Å². The smallest absolute Gasteiger partial charge is 0.260 e. The van der Waals surface area contributed by atoms with Gasteiger partial charge in [0, 0.05) is 39.4 Å². The maximum atomic E-state index is 12.6. The number of thioether (sulfide) groups is 1. The number of hydrogen-bond acceptors (Lipinski definition) is 3. The van der Waals surface area contributed by atoms with Gasteiger partial charge >= 0.3 is 0 Å². The molecule has 0 spiro atoms. The Morgan fingerprint density at radius 1 is 1.28 bits per heavy atom. The van der Waals surface area contributed by atoms with Crippen molar-refractivity contribution in [1.29, 1.82) is 0 Å². The van der Waals surface area contributed by atoms with Gasteiger partial charge in [0.25, 0.3) is 5.91 Å². The van der Waals surface area contributed by atoms with Gasteiger partial charge in [-0.2, -0.15) is 0 Å². The molecule has 0 bridgehead atoms. The lowest BCUT2D eigenvalue weighted by atomic mass is 10.1. The first kappa shape index (κ1) is 19.7. The van der Waals surface area contributed by atoms with Crippen LogP contribution < -0.4 is 10.6 Å². The number of halogens is 1. The molecule has 1 amide bonds. The highest BCUT2D eigenvalue weighted by atomic mass is 35.5. The van der Waals surface area contributed by atoms with Crippen molar-refractivity contribution in [2.45, 2.75) is 25.9 Å². The van der Waals surface area contributed by atoms with Gasteiger partial charge in [0.15, 0.2) is 5.50 Å². The summed E-state index contributed by atoms with van der Waals surface area (Å²) in [5, 5.41) is 8.15. The molecule has 1 fully saturated rings. The number of aromatic nitrogens is 1. The molecule has 3 aromatic rings. The Morgan fingerprint density at radius 3 is 2.86 bits per heavy atom. The predicted octanol–water partition coefficient (Wildman–Crippen LogP) is 5.70. The highest BCUT2D eigenvalue weighted by Crippen LogP contribution is 2.35. The standard InChI is InChI=1S/C23H22ClN3OS/c1-4-11-27-15(3)18(17-7-5-6-8-20(17)27)13-21-22(28)26-23(29-21)25-19-12-16(24)10-9-14(19)2/h4-10,12-13,23,25H,1,11H2,2-3H3,(H,26,28)/b21-13-. The van der Waals surface area contributed by atoms with Crippen molar-refractivity contribution in [1.82, 2.24) is 9.88 Å². The van der Waals surface area contributed by atoms with Gasteiger partial charge in [-0.05, 0) is 43.7 Å². The fourth-order valence-corrected chi connectivity index (χ4v) is 4.72. The number of rotatable bonds is 5. The molecule has 1 unspecified atom stereocenters. The Hall–Kier alpha value is -2.63. The molecule has 2 aromatic carbocycles. The number of allylic oxidation sites excluding steroid dienone is 1. The maximum Gasteiger partial charge on any atom is 0.260 e. The number of carbonyl (C=O) groups excluding carboxylic acids is 1. The lowest BCUT2D eigenvalue weighted by Crippen LogP contribution is -2.31. The van der Waals surface area contributed by atoms with E-state index in [9.17, 15) is 4.79 Å². The van der Waals surface area contributed by atoms with Gasteiger partial charge in [0.05, 0.1) is 4.91 Å². The van der Waals surface area contributed by atoms with Gasteiger partial charge in [0.2, 0.25) is 0 Å². The molecule has 1 saturated heterocycles. The monoisotopic (exact) mass is 423 g/mol. The molecule has 4 rings (SSSR count). The Labute approximate surface area is 179 Å². The lowest BCUT2D eigenvalue weighted by Gasteiger charge is -2.15. The normalized spacial score (nSPS) is 17.7. The minimum atomic E-state index is -0.243. The number of nitrogens with zero attached hydrogens (tertiary/aromatic N) is 1. The second kappa shape index (κ2) is 8.01. The van der Waals surface area contributed by atoms with Gasteiger partial charge in [-0.15, -0.1) is 6.58 Å². The molecule has 2 N–H and O–H groups in total. The third-order valence-corrected chi connectivity index (χ3v) is 6.35. The van der Waals surface area contributed by atoms with Crippen LogP contribution in [0.2, 0.25) is 5.02 Å². The van der Waals surface area contributed by atoms with Crippen LogP contribution in [0.25, 0.3) is 17.0 Å². The summed E-state index contributed by atoms with van der Waals surface area (Å²) < 4.78 is 2.22. The fraction of sp³-hybridized carbons (Fsp3) is 0.174. The van der Waals surface area contributed by atoms with E-state index in [1.165, 1.54) is 11.8 Å². The summed E-state index contributed by atoms with van der Waals surface area (Å²) in [6, 6.07) is 13.9. The fourth-order valence-electron chi connectivity index (χ4n) is 3.59. The number of anilines is 1. The highest BCUT2D eigenvalue weighted by Gasteiger charge is 2.28. The first-order valence-electron chi connectivity index (χ1n) is 9.38. The molecule has 1 aromatic heterocycles. The zero-order valence-electron chi connectivity index (χ0n) is 16.3. The van der Waals surface area contributed by atoms with E-state index in [4.69, 9.17) is 11.6 Å². The van der Waals surface area contributed by atoms with Gasteiger partial charge in [-0.3, -0.25) is 4.79 Å². The van der Waals surface area contributed by atoms with Crippen molar-refractivity contribution in [3.63, 3.8) is 0 Å². The number of carbonyl (C=O) groups is 1. The Kier molecular flexibility index (Phi) is 5.43. The first-order valence-corrected chi connectivity index (χ1v) is 10.6. The Morgan fingerprint density at radius 2 is 2.07 bits per heavy atom. The highest BCUT2D eigenvalue weighted by molar-refractivity contribution is 8.05. The van der Waals surface area contributed by atoms with E-state index in [1.807, 2.05) is 49.4 Å². The topological polar surface area (TPSA) is 46.1 Å². The average molecular weight is 424 g/mol. The molecule has 1 aliphatic heterocycles.